The predicted octanol–water partition coefficient (Wildman–Crippen LogP) is 3.57. The maximum absolute atomic E-state index is 13.6. The molecule has 1 aliphatic heterocycles. The number of aromatic nitrogens is 3. The van der Waals surface area contributed by atoms with Crippen LogP contribution in [0.4, 0.5) is 0 Å². The molecule has 1 N–H and O–H groups in total. The van der Waals surface area contributed by atoms with E-state index in [1.54, 1.807) is 19.2 Å². The molecule has 1 atom stereocenters. The van der Waals surface area contributed by atoms with Crippen molar-refractivity contribution in [3.63, 3.8) is 0 Å². The zero-order valence-corrected chi connectivity index (χ0v) is 19.4. The van der Waals surface area contributed by atoms with Gasteiger partial charge in [0.05, 0.1) is 34.4 Å². The van der Waals surface area contributed by atoms with Gasteiger partial charge in [0.15, 0.2) is 0 Å². The third-order valence-corrected chi connectivity index (χ3v) is 6.58. The number of benzene rings is 2. The van der Waals surface area contributed by atoms with Crippen molar-refractivity contribution < 1.29 is 9.84 Å². The van der Waals surface area contributed by atoms with Crippen LogP contribution < -0.4 is 11.2 Å². The molecule has 0 aliphatic carbocycles. The van der Waals surface area contributed by atoms with E-state index in [1.807, 2.05) is 43.3 Å². The lowest BCUT2D eigenvalue weighted by Crippen LogP contribution is -2.40. The molecule has 170 valence electrons. The number of fused-ring (bicyclic) bond motifs is 3. The summed E-state index contributed by atoms with van der Waals surface area (Å²) in [5.74, 6) is 0.106. The molecule has 5 rings (SSSR count). The van der Waals surface area contributed by atoms with Crippen LogP contribution >= 0.6 is 0 Å². The Morgan fingerprint density at radius 3 is 2.45 bits per heavy atom. The van der Waals surface area contributed by atoms with Crippen molar-refractivity contribution in [2.45, 2.75) is 32.4 Å². The van der Waals surface area contributed by atoms with E-state index in [1.165, 1.54) is 11.6 Å². The molecule has 0 spiro atoms. The largest absolute Gasteiger partial charge is 0.508 e. The van der Waals surface area contributed by atoms with Gasteiger partial charge in [-0.15, -0.1) is 0 Å². The van der Waals surface area contributed by atoms with Crippen LogP contribution in [-0.2, 0) is 24.4 Å². The van der Waals surface area contributed by atoms with E-state index in [2.05, 4.69) is 18.4 Å². The second-order valence-electron chi connectivity index (χ2n) is 9.43. The van der Waals surface area contributed by atoms with Gasteiger partial charge in [0.25, 0.3) is 5.56 Å². The predicted molar refractivity (Wildman–Crippen MR) is 128 cm³/mol. The summed E-state index contributed by atoms with van der Waals surface area (Å²) in [7, 11) is 3.18. The molecule has 7 heteroatoms. The molecule has 3 heterocycles. The SMILES string of the molecule is Cc1cccc(-c2c3c(=O)n(C)c(=O)n(C)c3c3n2C(C)(C)CO[C@H]3c2ccccc2O)c1. The molecular formula is C26H27N3O4. The highest BCUT2D eigenvalue weighted by Gasteiger charge is 2.41. The van der Waals surface area contributed by atoms with E-state index in [-0.39, 0.29) is 11.3 Å². The van der Waals surface area contributed by atoms with Crippen LogP contribution in [0, 0.1) is 6.92 Å². The highest BCUT2D eigenvalue weighted by atomic mass is 16.5. The minimum absolute atomic E-state index is 0.106. The number of para-hydroxylation sites is 1. The lowest BCUT2D eigenvalue weighted by molar-refractivity contribution is -0.00798. The minimum Gasteiger partial charge on any atom is -0.508 e. The van der Waals surface area contributed by atoms with Gasteiger partial charge in [-0.2, -0.15) is 0 Å². The Bertz CT molecular complexity index is 1540. The van der Waals surface area contributed by atoms with E-state index >= 15 is 0 Å². The van der Waals surface area contributed by atoms with E-state index in [4.69, 9.17) is 4.74 Å². The van der Waals surface area contributed by atoms with Gasteiger partial charge in [-0.3, -0.25) is 13.9 Å². The molecular weight excluding hydrogens is 418 g/mol. The summed E-state index contributed by atoms with van der Waals surface area (Å²) in [4.78, 5) is 26.6. The number of ether oxygens (including phenoxy) is 1. The van der Waals surface area contributed by atoms with Gasteiger partial charge in [-0.05, 0) is 38.5 Å². The number of hydrogen-bond acceptors (Lipinski definition) is 4. The normalized spacial score (nSPS) is 17.3. The lowest BCUT2D eigenvalue weighted by atomic mass is 9.97. The summed E-state index contributed by atoms with van der Waals surface area (Å²) in [6, 6.07) is 15.0. The van der Waals surface area contributed by atoms with Crippen molar-refractivity contribution in [1.82, 2.24) is 13.7 Å². The fourth-order valence-corrected chi connectivity index (χ4v) is 5.01. The number of phenols is 1. The first-order chi connectivity index (χ1) is 15.6. The van der Waals surface area contributed by atoms with Gasteiger partial charge in [-0.1, -0.05) is 42.0 Å². The highest BCUT2D eigenvalue weighted by Crippen LogP contribution is 2.46. The highest BCUT2D eigenvalue weighted by molar-refractivity contribution is 5.97. The molecule has 0 bridgehead atoms. The number of aromatic hydroxyl groups is 1. The van der Waals surface area contributed by atoms with Gasteiger partial charge >= 0.3 is 5.69 Å². The summed E-state index contributed by atoms with van der Waals surface area (Å²) >= 11 is 0. The lowest BCUT2D eigenvalue weighted by Gasteiger charge is -2.39. The van der Waals surface area contributed by atoms with Crippen molar-refractivity contribution in [2.75, 3.05) is 6.61 Å². The molecule has 1 aliphatic rings. The zero-order valence-electron chi connectivity index (χ0n) is 19.4. The third kappa shape index (κ3) is 2.99. The molecule has 0 fully saturated rings. The fraction of sp³-hybridized carbons (Fsp3) is 0.308. The molecule has 0 amide bonds. The summed E-state index contributed by atoms with van der Waals surface area (Å²) in [5, 5.41) is 11.1. The molecule has 0 saturated heterocycles. The Hall–Kier alpha value is -3.58. The van der Waals surface area contributed by atoms with Crippen LogP contribution in [0.25, 0.3) is 22.2 Å². The van der Waals surface area contributed by atoms with Crippen molar-refractivity contribution in [1.29, 1.82) is 0 Å². The van der Waals surface area contributed by atoms with Gasteiger partial charge in [0, 0.05) is 19.7 Å². The molecule has 2 aromatic heterocycles. The van der Waals surface area contributed by atoms with Crippen LogP contribution in [0.2, 0.25) is 0 Å². The van der Waals surface area contributed by atoms with Crippen LogP contribution in [0.1, 0.15) is 36.8 Å². The van der Waals surface area contributed by atoms with Crippen molar-refractivity contribution in [3.05, 3.63) is 86.2 Å². The quantitative estimate of drug-likeness (QED) is 0.512. The van der Waals surface area contributed by atoms with Crippen molar-refractivity contribution >= 4 is 10.9 Å². The zero-order chi connectivity index (χ0) is 23.7. The van der Waals surface area contributed by atoms with Gasteiger partial charge < -0.3 is 14.4 Å². The standard InChI is InChI=1S/C26H27N3O4/c1-15-9-8-10-16(13-15)20-19-21(27(4)25(32)28(5)24(19)31)22-23(17-11-6-7-12-18(17)30)33-14-26(2,3)29(20)22/h6-13,23,30H,14H2,1-5H3/t23-/m0/s1. The number of rotatable bonds is 2. The smallest absolute Gasteiger partial charge is 0.331 e. The van der Waals surface area contributed by atoms with E-state index in [9.17, 15) is 14.7 Å². The van der Waals surface area contributed by atoms with Gasteiger partial charge in [0.2, 0.25) is 0 Å². The molecule has 0 saturated carbocycles. The Labute approximate surface area is 191 Å². The van der Waals surface area contributed by atoms with E-state index < -0.39 is 17.3 Å². The van der Waals surface area contributed by atoms with Crippen LogP contribution in [0.5, 0.6) is 5.75 Å². The third-order valence-electron chi connectivity index (χ3n) is 6.58. The monoisotopic (exact) mass is 445 g/mol. The molecule has 0 unspecified atom stereocenters. The van der Waals surface area contributed by atoms with Crippen LogP contribution in [0.15, 0.2) is 58.1 Å². The van der Waals surface area contributed by atoms with Gasteiger partial charge in [-0.25, -0.2) is 4.79 Å². The first-order valence-corrected chi connectivity index (χ1v) is 10.9. The Kier molecular flexibility index (Phi) is 4.65. The Morgan fingerprint density at radius 1 is 1.03 bits per heavy atom. The fourth-order valence-electron chi connectivity index (χ4n) is 5.01. The number of aryl methyl sites for hydroxylation is 2. The average molecular weight is 446 g/mol. The maximum atomic E-state index is 13.6. The second kappa shape index (κ2) is 7.22. The van der Waals surface area contributed by atoms with E-state index in [0.29, 0.717) is 28.8 Å². The summed E-state index contributed by atoms with van der Waals surface area (Å²) in [6.45, 7) is 6.49. The average Bonchev–Trinajstić information content (AvgIpc) is 3.15. The maximum Gasteiger partial charge on any atom is 0.331 e. The molecule has 2 aromatic carbocycles. The second-order valence-corrected chi connectivity index (χ2v) is 9.43. The summed E-state index contributed by atoms with van der Waals surface area (Å²) < 4.78 is 11.1. The topological polar surface area (TPSA) is 78.4 Å². The summed E-state index contributed by atoms with van der Waals surface area (Å²) in [6.07, 6.45) is -0.641. The molecule has 7 nitrogen and oxygen atoms in total. The molecule has 4 aromatic rings. The van der Waals surface area contributed by atoms with E-state index in [0.717, 1.165) is 21.4 Å². The van der Waals surface area contributed by atoms with Crippen molar-refractivity contribution in [3.8, 4) is 17.0 Å². The van der Waals surface area contributed by atoms with Crippen molar-refractivity contribution in [2.24, 2.45) is 14.1 Å². The van der Waals surface area contributed by atoms with Crippen LogP contribution in [0.3, 0.4) is 0 Å². The first-order valence-electron chi connectivity index (χ1n) is 10.9. The summed E-state index contributed by atoms with van der Waals surface area (Å²) in [5.41, 5.74) is 3.28. The number of hydrogen-bond donors (Lipinski definition) is 1. The molecule has 0 radical (unpaired) electrons. The van der Waals surface area contributed by atoms with Crippen LogP contribution in [-0.4, -0.2) is 25.4 Å². The molecule has 33 heavy (non-hydrogen) atoms. The Morgan fingerprint density at radius 2 is 1.76 bits per heavy atom. The number of nitrogens with zero attached hydrogens (tertiary/aromatic N) is 3. The first kappa shape index (κ1) is 21.3. The number of phenolic OH excluding ortho intramolecular Hbond substituents is 1. The minimum atomic E-state index is -0.641. The Balaban J connectivity index is 2.04. The van der Waals surface area contributed by atoms with Gasteiger partial charge in [0.1, 0.15) is 11.9 Å².